The SMILES string of the molecule is CC(C)(Nc1nc(-c2c[nH]c3ncc(F)cc23)nc2ccccc12)C(=O)NCC(F)(F)F.[HH].[HH]. The zero-order valence-corrected chi connectivity index (χ0v) is 17.0. The van der Waals surface area contributed by atoms with E-state index >= 15 is 0 Å². The van der Waals surface area contributed by atoms with Crippen molar-refractivity contribution in [3.8, 4) is 11.4 Å². The minimum Gasteiger partial charge on any atom is -0.356 e. The van der Waals surface area contributed by atoms with Crippen LogP contribution in [0, 0.1) is 5.82 Å². The molecule has 0 aliphatic carbocycles. The van der Waals surface area contributed by atoms with Crippen LogP contribution in [0.25, 0.3) is 33.3 Å². The fourth-order valence-electron chi connectivity index (χ4n) is 3.21. The standard InChI is InChI=1S/C21H18F4N6O.2H2/c1-20(2,19(32)28-10-21(23,24)25)31-18-12-5-3-4-6-15(12)29-17(30-18)14-9-27-16-13(14)7-11(22)8-26-16;;/h3-9H,10H2,1-2H3,(H,26,27)(H,28,32)(H,29,30,31);2*1H. The number of nitrogens with zero attached hydrogens (tertiary/aromatic N) is 3. The molecule has 0 saturated heterocycles. The van der Waals surface area contributed by atoms with Gasteiger partial charge in [0.15, 0.2) is 5.82 Å². The lowest BCUT2D eigenvalue weighted by Gasteiger charge is -2.26. The van der Waals surface area contributed by atoms with Crippen LogP contribution in [0.4, 0.5) is 23.4 Å². The first kappa shape index (κ1) is 21.5. The van der Waals surface area contributed by atoms with Crippen LogP contribution in [0.15, 0.2) is 42.7 Å². The molecule has 7 nitrogen and oxygen atoms in total. The third kappa shape index (κ3) is 4.32. The number of fused-ring (bicyclic) bond motifs is 2. The minimum absolute atomic E-state index is 0. The van der Waals surface area contributed by atoms with E-state index in [1.807, 2.05) is 5.32 Å². The average molecular weight is 450 g/mol. The monoisotopic (exact) mass is 450 g/mol. The molecule has 0 radical (unpaired) electrons. The smallest absolute Gasteiger partial charge is 0.356 e. The molecular weight excluding hydrogens is 428 g/mol. The molecule has 11 heteroatoms. The van der Waals surface area contributed by atoms with Crippen molar-refractivity contribution in [2.24, 2.45) is 0 Å². The van der Waals surface area contributed by atoms with Gasteiger partial charge in [0.2, 0.25) is 5.91 Å². The minimum atomic E-state index is -4.53. The molecule has 3 N–H and O–H groups in total. The van der Waals surface area contributed by atoms with Crippen LogP contribution >= 0.6 is 0 Å². The molecule has 0 fully saturated rings. The van der Waals surface area contributed by atoms with Gasteiger partial charge in [-0.1, -0.05) is 12.1 Å². The molecule has 4 aromatic rings. The Labute approximate surface area is 182 Å². The van der Waals surface area contributed by atoms with Crippen molar-refractivity contribution in [1.29, 1.82) is 0 Å². The van der Waals surface area contributed by atoms with Crippen LogP contribution in [0.5, 0.6) is 0 Å². The molecule has 1 aromatic carbocycles. The molecule has 0 atom stereocenters. The van der Waals surface area contributed by atoms with Gasteiger partial charge in [-0.05, 0) is 32.0 Å². The summed E-state index contributed by atoms with van der Waals surface area (Å²) >= 11 is 0. The maximum atomic E-state index is 13.8. The molecule has 3 heterocycles. The Morgan fingerprint density at radius 2 is 1.91 bits per heavy atom. The fourth-order valence-corrected chi connectivity index (χ4v) is 3.21. The molecule has 0 bridgehead atoms. The van der Waals surface area contributed by atoms with E-state index in [9.17, 15) is 22.4 Å². The number of aromatic amines is 1. The predicted octanol–water partition coefficient (Wildman–Crippen LogP) is 4.67. The number of alkyl halides is 3. The molecule has 3 aromatic heterocycles. The van der Waals surface area contributed by atoms with Crippen LogP contribution in [-0.2, 0) is 4.79 Å². The topological polar surface area (TPSA) is 95.6 Å². The normalized spacial score (nSPS) is 12.3. The van der Waals surface area contributed by atoms with E-state index in [-0.39, 0.29) is 14.5 Å². The summed E-state index contributed by atoms with van der Waals surface area (Å²) in [5, 5.41) is 5.84. The van der Waals surface area contributed by atoms with Gasteiger partial charge in [-0.2, -0.15) is 13.2 Å². The number of nitrogens with one attached hydrogen (secondary N) is 3. The number of pyridine rings is 1. The molecule has 0 saturated carbocycles. The van der Waals surface area contributed by atoms with Gasteiger partial charge in [-0.25, -0.2) is 19.3 Å². The van der Waals surface area contributed by atoms with Crippen LogP contribution < -0.4 is 10.6 Å². The number of rotatable bonds is 5. The highest BCUT2D eigenvalue weighted by Crippen LogP contribution is 2.30. The highest BCUT2D eigenvalue weighted by Gasteiger charge is 2.33. The number of hydrogen-bond donors (Lipinski definition) is 3. The summed E-state index contributed by atoms with van der Waals surface area (Å²) in [5.41, 5.74) is 0.0398. The predicted molar refractivity (Wildman–Crippen MR) is 116 cm³/mol. The van der Waals surface area contributed by atoms with Crippen LogP contribution in [0.3, 0.4) is 0 Å². The lowest BCUT2D eigenvalue weighted by atomic mass is 10.0. The Hall–Kier alpha value is -3.76. The quantitative estimate of drug-likeness (QED) is 0.384. The molecule has 4 rings (SSSR count). The molecule has 1 amide bonds. The summed E-state index contributed by atoms with van der Waals surface area (Å²) in [6, 6.07) is 8.27. The third-order valence-electron chi connectivity index (χ3n) is 4.79. The number of hydrogen-bond acceptors (Lipinski definition) is 5. The summed E-state index contributed by atoms with van der Waals surface area (Å²) in [6.45, 7) is 1.45. The number of carbonyl (C=O) groups excluding carboxylic acids is 1. The fraction of sp³-hybridized carbons (Fsp3) is 0.238. The Morgan fingerprint density at radius 1 is 1.16 bits per heavy atom. The van der Waals surface area contributed by atoms with Gasteiger partial charge in [-0.3, -0.25) is 4.79 Å². The molecule has 0 aliphatic rings. The van der Waals surface area contributed by atoms with Crippen LogP contribution in [0.2, 0.25) is 0 Å². The maximum absolute atomic E-state index is 13.8. The summed E-state index contributed by atoms with van der Waals surface area (Å²) in [7, 11) is 0. The van der Waals surface area contributed by atoms with Crippen molar-refractivity contribution in [2.75, 3.05) is 11.9 Å². The Bertz CT molecular complexity index is 1330. The number of carbonyl (C=O) groups is 1. The van der Waals surface area contributed by atoms with Gasteiger partial charge in [0.1, 0.15) is 29.4 Å². The number of halogens is 4. The van der Waals surface area contributed by atoms with Gasteiger partial charge in [0.25, 0.3) is 0 Å². The van der Waals surface area contributed by atoms with Crippen molar-refractivity contribution in [3.05, 3.63) is 48.5 Å². The summed E-state index contributed by atoms with van der Waals surface area (Å²) in [6.07, 6.45) is -1.86. The second-order valence-electron chi connectivity index (χ2n) is 7.71. The van der Waals surface area contributed by atoms with Crippen molar-refractivity contribution < 1.29 is 25.2 Å². The van der Waals surface area contributed by atoms with E-state index in [0.717, 1.165) is 6.20 Å². The van der Waals surface area contributed by atoms with Gasteiger partial charge < -0.3 is 15.6 Å². The molecule has 0 unspecified atom stereocenters. The van der Waals surface area contributed by atoms with Gasteiger partial charge in [-0.15, -0.1) is 0 Å². The Morgan fingerprint density at radius 3 is 2.66 bits per heavy atom. The first-order valence-corrected chi connectivity index (χ1v) is 9.56. The average Bonchev–Trinajstić information content (AvgIpc) is 3.14. The number of benzene rings is 1. The molecule has 170 valence electrons. The van der Waals surface area contributed by atoms with E-state index in [1.165, 1.54) is 19.9 Å². The van der Waals surface area contributed by atoms with E-state index in [4.69, 9.17) is 0 Å². The zero-order chi connectivity index (χ0) is 23.1. The van der Waals surface area contributed by atoms with Gasteiger partial charge >= 0.3 is 6.18 Å². The van der Waals surface area contributed by atoms with Crippen LogP contribution in [0.1, 0.15) is 16.7 Å². The van der Waals surface area contributed by atoms with Crippen LogP contribution in [-0.4, -0.2) is 44.1 Å². The second kappa shape index (κ2) is 7.74. The van der Waals surface area contributed by atoms with Crippen molar-refractivity contribution in [1.82, 2.24) is 25.3 Å². The van der Waals surface area contributed by atoms with Crippen molar-refractivity contribution >= 4 is 33.7 Å². The first-order chi connectivity index (χ1) is 15.0. The lowest BCUT2D eigenvalue weighted by Crippen LogP contribution is -2.50. The second-order valence-corrected chi connectivity index (χ2v) is 7.71. The number of H-pyrrole nitrogens is 1. The largest absolute Gasteiger partial charge is 0.405 e. The highest BCUT2D eigenvalue weighted by atomic mass is 19.4. The Kier molecular flexibility index (Phi) is 5.19. The molecular formula is C21H22F4N6O. The number of para-hydroxylation sites is 1. The molecule has 32 heavy (non-hydrogen) atoms. The van der Waals surface area contributed by atoms with E-state index in [2.05, 4.69) is 25.3 Å². The van der Waals surface area contributed by atoms with Gasteiger partial charge in [0.05, 0.1) is 11.7 Å². The van der Waals surface area contributed by atoms with Gasteiger partial charge in [0, 0.05) is 25.4 Å². The molecule has 0 spiro atoms. The number of amides is 1. The highest BCUT2D eigenvalue weighted by molar-refractivity contribution is 5.97. The molecule has 0 aliphatic heterocycles. The van der Waals surface area contributed by atoms with Crippen molar-refractivity contribution in [2.45, 2.75) is 25.6 Å². The number of aromatic nitrogens is 4. The van der Waals surface area contributed by atoms with E-state index in [1.54, 1.807) is 30.5 Å². The lowest BCUT2D eigenvalue weighted by molar-refractivity contribution is -0.140. The third-order valence-corrected chi connectivity index (χ3v) is 4.79. The Balaban J connectivity index is 0.00000204. The first-order valence-electron chi connectivity index (χ1n) is 9.56. The van der Waals surface area contributed by atoms with Crippen molar-refractivity contribution in [3.63, 3.8) is 0 Å². The summed E-state index contributed by atoms with van der Waals surface area (Å²) in [4.78, 5) is 28.4. The zero-order valence-electron chi connectivity index (χ0n) is 17.0. The number of anilines is 1. The maximum Gasteiger partial charge on any atom is 0.405 e. The van der Waals surface area contributed by atoms with E-state index in [0.29, 0.717) is 27.5 Å². The summed E-state index contributed by atoms with van der Waals surface area (Å²) < 4.78 is 51.3. The summed E-state index contributed by atoms with van der Waals surface area (Å²) in [5.74, 6) is -0.898. The van der Waals surface area contributed by atoms with E-state index < -0.39 is 30.0 Å².